The predicted molar refractivity (Wildman–Crippen MR) is 118 cm³/mol. The number of hydrogen-bond acceptors (Lipinski definition) is 4. The molecule has 0 fully saturated rings. The third kappa shape index (κ3) is 4.36. The number of para-hydroxylation sites is 1. The molecule has 1 aliphatic rings. The number of halogens is 1. The Balaban J connectivity index is 1.61. The summed E-state index contributed by atoms with van der Waals surface area (Å²) >= 11 is 5.44. The van der Waals surface area contributed by atoms with Crippen LogP contribution in [0, 0.1) is 5.82 Å². The first kappa shape index (κ1) is 19.7. The second-order valence-electron chi connectivity index (χ2n) is 6.60. The van der Waals surface area contributed by atoms with E-state index >= 15 is 0 Å². The van der Waals surface area contributed by atoms with Gasteiger partial charge in [0.15, 0.2) is 6.17 Å². The summed E-state index contributed by atoms with van der Waals surface area (Å²) in [4.78, 5) is 17.2. The number of rotatable bonds is 4. The molecule has 0 bridgehead atoms. The van der Waals surface area contributed by atoms with Crippen LogP contribution in [-0.4, -0.2) is 23.0 Å². The monoisotopic (exact) mass is 419 g/mol. The van der Waals surface area contributed by atoms with E-state index in [0.717, 1.165) is 5.56 Å². The van der Waals surface area contributed by atoms with E-state index in [1.54, 1.807) is 18.2 Å². The number of aliphatic imine (C=N–C) groups is 1. The third-order valence-corrected chi connectivity index (χ3v) is 4.87. The summed E-state index contributed by atoms with van der Waals surface area (Å²) in [5.41, 5.74) is 2.95. The number of nitrogens with zero attached hydrogens (tertiary/aromatic N) is 1. The van der Waals surface area contributed by atoms with Gasteiger partial charge in [-0.05, 0) is 23.8 Å². The smallest absolute Gasteiger partial charge is 0.409 e. The minimum Gasteiger partial charge on any atom is -0.445 e. The topological polar surface area (TPSA) is 62.7 Å². The van der Waals surface area contributed by atoms with Gasteiger partial charge in [0.25, 0.3) is 0 Å². The lowest BCUT2D eigenvalue weighted by Crippen LogP contribution is -2.41. The van der Waals surface area contributed by atoms with Gasteiger partial charge in [-0.3, -0.25) is 10.3 Å². The van der Waals surface area contributed by atoms with Crippen molar-refractivity contribution in [3.05, 3.63) is 101 Å². The van der Waals surface area contributed by atoms with E-state index in [4.69, 9.17) is 17.0 Å². The van der Waals surface area contributed by atoms with Crippen molar-refractivity contribution < 1.29 is 13.9 Å². The number of benzodiazepines with no additional fused rings is 1. The fourth-order valence-corrected chi connectivity index (χ4v) is 3.32. The molecule has 3 aromatic carbocycles. The number of anilines is 1. The maximum Gasteiger partial charge on any atom is 0.409 e. The van der Waals surface area contributed by atoms with E-state index < -0.39 is 18.1 Å². The lowest BCUT2D eigenvalue weighted by atomic mass is 10.0. The van der Waals surface area contributed by atoms with Crippen molar-refractivity contribution in [2.24, 2.45) is 4.99 Å². The Hall–Kier alpha value is -3.58. The summed E-state index contributed by atoms with van der Waals surface area (Å²) in [5.74, 6) is -0.413. The first-order valence-corrected chi connectivity index (χ1v) is 9.73. The second kappa shape index (κ2) is 8.84. The number of ether oxygens (including phenoxy) is 1. The highest BCUT2D eigenvalue weighted by Crippen LogP contribution is 2.25. The fourth-order valence-electron chi connectivity index (χ4n) is 3.10. The SMILES string of the molecule is O=C(N[C@H]1N=C(c2ccccc2F)c2ccccc2NC1=S)OCc1ccccc1. The normalized spacial score (nSPS) is 15.3. The van der Waals surface area contributed by atoms with Gasteiger partial charge >= 0.3 is 6.09 Å². The van der Waals surface area contributed by atoms with Crippen molar-refractivity contribution in [2.45, 2.75) is 12.8 Å². The van der Waals surface area contributed by atoms with Gasteiger partial charge in [0.1, 0.15) is 17.4 Å². The van der Waals surface area contributed by atoms with Crippen molar-refractivity contribution in [2.75, 3.05) is 5.32 Å². The number of benzene rings is 3. The van der Waals surface area contributed by atoms with Gasteiger partial charge in [0, 0.05) is 16.8 Å². The maximum atomic E-state index is 14.5. The van der Waals surface area contributed by atoms with Crippen molar-refractivity contribution in [3.8, 4) is 0 Å². The molecule has 0 saturated heterocycles. The number of amides is 1. The molecule has 0 aliphatic carbocycles. The van der Waals surface area contributed by atoms with Gasteiger partial charge in [-0.25, -0.2) is 9.18 Å². The molecule has 7 heteroatoms. The van der Waals surface area contributed by atoms with Crippen molar-refractivity contribution >= 4 is 34.7 Å². The van der Waals surface area contributed by atoms with Gasteiger partial charge in [-0.2, -0.15) is 0 Å². The summed E-state index contributed by atoms with van der Waals surface area (Å²) in [5, 5.41) is 5.75. The Kier molecular flexibility index (Phi) is 5.81. The van der Waals surface area contributed by atoms with Crippen LogP contribution in [-0.2, 0) is 11.3 Å². The number of alkyl carbamates (subject to hydrolysis) is 1. The Morgan fingerprint density at radius 1 is 1.00 bits per heavy atom. The van der Waals surface area contributed by atoms with Crippen molar-refractivity contribution in [1.29, 1.82) is 0 Å². The molecule has 5 nitrogen and oxygen atoms in total. The lowest BCUT2D eigenvalue weighted by molar-refractivity contribution is 0.138. The molecule has 0 aromatic heterocycles. The minimum atomic E-state index is -0.912. The van der Waals surface area contributed by atoms with Crippen LogP contribution >= 0.6 is 12.2 Å². The molecule has 4 rings (SSSR count). The van der Waals surface area contributed by atoms with Crippen LogP contribution in [0.5, 0.6) is 0 Å². The highest BCUT2D eigenvalue weighted by atomic mass is 32.1. The van der Waals surface area contributed by atoms with Crippen LogP contribution in [0.1, 0.15) is 16.7 Å². The first-order chi connectivity index (χ1) is 14.6. The average molecular weight is 419 g/mol. The lowest BCUT2D eigenvalue weighted by Gasteiger charge is -2.15. The van der Waals surface area contributed by atoms with E-state index in [9.17, 15) is 9.18 Å². The predicted octanol–water partition coefficient (Wildman–Crippen LogP) is 4.67. The molecule has 1 atom stereocenters. The quantitative estimate of drug-likeness (QED) is 0.604. The number of thiocarbonyl (C=S) groups is 1. The van der Waals surface area contributed by atoms with E-state index in [2.05, 4.69) is 15.6 Å². The van der Waals surface area contributed by atoms with Crippen LogP contribution in [0.4, 0.5) is 14.9 Å². The standard InChI is InChI=1S/C23H18FN3O2S/c24-18-12-6-4-10-16(18)20-17-11-5-7-13-19(17)25-22(30)21(26-20)27-23(28)29-14-15-8-2-1-3-9-15/h1-13,21H,14H2,(H,25,30)(H,27,28)/t21-/m1/s1. The summed E-state index contributed by atoms with van der Waals surface area (Å²) in [6.45, 7) is 0.115. The molecule has 0 radical (unpaired) electrons. The van der Waals surface area contributed by atoms with Gasteiger partial charge in [-0.1, -0.05) is 72.9 Å². The minimum absolute atomic E-state index is 0.115. The Morgan fingerprint density at radius 2 is 1.67 bits per heavy atom. The number of carbonyl (C=O) groups excluding carboxylic acids is 1. The van der Waals surface area contributed by atoms with Gasteiger partial charge in [-0.15, -0.1) is 0 Å². The molecule has 0 spiro atoms. The van der Waals surface area contributed by atoms with E-state index in [0.29, 0.717) is 22.5 Å². The molecule has 30 heavy (non-hydrogen) atoms. The van der Waals surface area contributed by atoms with Crippen LogP contribution in [0.25, 0.3) is 0 Å². The van der Waals surface area contributed by atoms with Crippen molar-refractivity contribution in [3.63, 3.8) is 0 Å². The largest absolute Gasteiger partial charge is 0.445 e. The number of hydrogen-bond donors (Lipinski definition) is 2. The molecule has 3 aromatic rings. The van der Waals surface area contributed by atoms with E-state index in [1.807, 2.05) is 54.6 Å². The molecule has 2 N–H and O–H groups in total. The Bertz CT molecular complexity index is 1120. The molecule has 1 heterocycles. The Labute approximate surface area is 178 Å². The highest BCUT2D eigenvalue weighted by Gasteiger charge is 2.26. The fraction of sp³-hybridized carbons (Fsp3) is 0.0870. The second-order valence-corrected chi connectivity index (χ2v) is 7.04. The maximum absolute atomic E-state index is 14.5. The summed E-state index contributed by atoms with van der Waals surface area (Å²) in [6, 6.07) is 23.0. The highest BCUT2D eigenvalue weighted by molar-refractivity contribution is 7.80. The number of nitrogens with one attached hydrogen (secondary N) is 2. The molecule has 1 aliphatic heterocycles. The molecule has 0 unspecified atom stereocenters. The third-order valence-electron chi connectivity index (χ3n) is 4.54. The molecule has 1 amide bonds. The van der Waals surface area contributed by atoms with Crippen molar-refractivity contribution in [1.82, 2.24) is 5.32 Å². The molecular weight excluding hydrogens is 401 g/mol. The van der Waals surface area contributed by atoms with Gasteiger partial charge in [0.2, 0.25) is 0 Å². The van der Waals surface area contributed by atoms with Crippen LogP contribution in [0.15, 0.2) is 83.9 Å². The molecule has 0 saturated carbocycles. The molecule has 150 valence electrons. The molecular formula is C23H18FN3O2S. The zero-order valence-electron chi connectivity index (χ0n) is 15.8. The van der Waals surface area contributed by atoms with Crippen LogP contribution in [0.2, 0.25) is 0 Å². The summed E-state index contributed by atoms with van der Waals surface area (Å²) in [6.07, 6.45) is -1.58. The Morgan fingerprint density at radius 3 is 2.43 bits per heavy atom. The number of fused-ring (bicyclic) bond motifs is 1. The average Bonchev–Trinajstić information content (AvgIpc) is 2.90. The van der Waals surface area contributed by atoms with Crippen LogP contribution in [0.3, 0.4) is 0 Å². The van der Waals surface area contributed by atoms with Gasteiger partial charge < -0.3 is 10.1 Å². The zero-order valence-corrected chi connectivity index (χ0v) is 16.7. The van der Waals surface area contributed by atoms with Gasteiger partial charge in [0.05, 0.1) is 5.71 Å². The summed E-state index contributed by atoms with van der Waals surface area (Å²) in [7, 11) is 0. The van der Waals surface area contributed by atoms with Crippen LogP contribution < -0.4 is 10.6 Å². The van der Waals surface area contributed by atoms with E-state index in [1.165, 1.54) is 6.07 Å². The summed E-state index contributed by atoms with van der Waals surface area (Å²) < 4.78 is 19.8. The number of carbonyl (C=O) groups is 1. The van der Waals surface area contributed by atoms with E-state index in [-0.39, 0.29) is 11.6 Å². The zero-order chi connectivity index (χ0) is 20.9. The first-order valence-electron chi connectivity index (χ1n) is 9.32.